The molecule has 0 unspecified atom stereocenters. The predicted octanol–water partition coefficient (Wildman–Crippen LogP) is 13.6. The monoisotopic (exact) mass is 656 g/mol. The number of benzene rings is 8. The van der Waals surface area contributed by atoms with E-state index in [1.54, 1.807) is 30.3 Å². The van der Waals surface area contributed by atoms with E-state index in [-0.39, 0.29) is 16.9 Å². The standard InChI is InChI=1S/C49H37N/c1-49(2)47-21-9-8-19-45(47)46-31-30-42(33-48(46)49)50(41-17-10-16-39(32-41)44-20-11-15-38-14-6-7-18-43(38)44)40-28-26-37(27-29-40)36-24-22-35(23-25-36)34-12-4-3-5-13-34/h3-33H,1-2H3/i3D,4D,5D,10D,12D,13D,16D,17D,22D,23D,24D,25D,26D,27D,28D,29D,32D. The predicted molar refractivity (Wildman–Crippen MR) is 213 cm³/mol. The Kier molecular flexibility index (Phi) is 4.09. The van der Waals surface area contributed by atoms with Crippen LogP contribution in [0.4, 0.5) is 17.1 Å². The second kappa shape index (κ2) is 12.1. The minimum atomic E-state index is -0.861. The van der Waals surface area contributed by atoms with E-state index >= 15 is 0 Å². The zero-order chi connectivity index (χ0) is 48.5. The summed E-state index contributed by atoms with van der Waals surface area (Å²) >= 11 is 0. The van der Waals surface area contributed by atoms with Gasteiger partial charge in [0.2, 0.25) is 0 Å². The Morgan fingerprint density at radius 2 is 1.04 bits per heavy atom. The summed E-state index contributed by atoms with van der Waals surface area (Å²) in [5.41, 5.74) is 0.399. The average Bonchev–Trinajstić information content (AvgIpc) is 3.55. The Bertz CT molecular complexity index is 3400. The summed E-state index contributed by atoms with van der Waals surface area (Å²) in [7, 11) is 0. The summed E-state index contributed by atoms with van der Waals surface area (Å²) in [6, 6.07) is 13.3. The van der Waals surface area contributed by atoms with Crippen LogP contribution in [0.15, 0.2) is 188 Å². The van der Waals surface area contributed by atoms with Gasteiger partial charge in [0.05, 0.1) is 23.3 Å². The third kappa shape index (κ3) is 5.11. The van der Waals surface area contributed by atoms with Crippen LogP contribution in [0, 0.1) is 0 Å². The Labute approximate surface area is 318 Å². The normalized spacial score (nSPS) is 17.5. The number of hydrogen-bond acceptors (Lipinski definition) is 1. The molecule has 0 bridgehead atoms. The molecular formula is C49H37N. The summed E-state index contributed by atoms with van der Waals surface area (Å²) in [5, 5.41) is 1.44. The fourth-order valence-corrected chi connectivity index (χ4v) is 6.71. The van der Waals surface area contributed by atoms with E-state index in [9.17, 15) is 8.22 Å². The number of anilines is 3. The average molecular weight is 657 g/mol. The maximum absolute atomic E-state index is 9.86. The lowest BCUT2D eigenvalue weighted by molar-refractivity contribution is 0.660. The highest BCUT2D eigenvalue weighted by atomic mass is 15.1. The largest absolute Gasteiger partial charge is 0.310 e. The lowest BCUT2D eigenvalue weighted by atomic mass is 9.82. The highest BCUT2D eigenvalue weighted by molar-refractivity contribution is 5.97. The molecule has 1 nitrogen and oxygen atoms in total. The molecule has 1 aliphatic carbocycles. The van der Waals surface area contributed by atoms with Gasteiger partial charge < -0.3 is 4.90 Å². The van der Waals surface area contributed by atoms with Crippen molar-refractivity contribution in [2.24, 2.45) is 0 Å². The van der Waals surface area contributed by atoms with E-state index in [1.165, 1.54) is 4.90 Å². The maximum atomic E-state index is 9.86. The lowest BCUT2D eigenvalue weighted by Gasteiger charge is -2.28. The number of rotatable bonds is 6. The zero-order valence-corrected chi connectivity index (χ0v) is 27.0. The molecule has 0 saturated carbocycles. The molecule has 8 aromatic carbocycles. The summed E-state index contributed by atoms with van der Waals surface area (Å²) in [6.45, 7) is 4.05. The Balaban J connectivity index is 1.35. The molecule has 0 N–H and O–H groups in total. The molecule has 0 aromatic heterocycles. The molecule has 1 aliphatic rings. The molecule has 0 spiro atoms. The molecule has 0 atom stereocenters. The Hall–Kier alpha value is -6.18. The third-order valence-corrected chi connectivity index (χ3v) is 9.18. The van der Waals surface area contributed by atoms with Crippen molar-refractivity contribution in [2.45, 2.75) is 19.3 Å². The first-order valence-electron chi connectivity index (χ1n) is 24.6. The van der Waals surface area contributed by atoms with Crippen molar-refractivity contribution in [1.82, 2.24) is 0 Å². The van der Waals surface area contributed by atoms with Crippen LogP contribution >= 0.6 is 0 Å². The molecule has 8 aromatic rings. The smallest absolute Gasteiger partial charge is 0.0651 e. The number of hydrogen-bond donors (Lipinski definition) is 0. The van der Waals surface area contributed by atoms with Crippen molar-refractivity contribution in [2.75, 3.05) is 4.90 Å². The van der Waals surface area contributed by atoms with Crippen LogP contribution in [0.3, 0.4) is 0 Å². The molecular weight excluding hydrogens is 603 g/mol. The Morgan fingerprint density at radius 3 is 1.82 bits per heavy atom. The van der Waals surface area contributed by atoms with Crippen LogP contribution in [0.1, 0.15) is 48.3 Å². The van der Waals surface area contributed by atoms with Crippen LogP contribution in [0.5, 0.6) is 0 Å². The van der Waals surface area contributed by atoms with Crippen molar-refractivity contribution < 1.29 is 23.3 Å². The summed E-state index contributed by atoms with van der Waals surface area (Å²) in [4.78, 5) is 1.22. The van der Waals surface area contributed by atoms with Crippen LogP contribution in [-0.2, 0) is 5.41 Å². The summed E-state index contributed by atoms with van der Waals surface area (Å²) in [6.07, 6.45) is 0. The lowest BCUT2D eigenvalue weighted by Crippen LogP contribution is -2.16. The van der Waals surface area contributed by atoms with Gasteiger partial charge in [-0.05, 0) is 103 Å². The van der Waals surface area contributed by atoms with Gasteiger partial charge in [0, 0.05) is 22.5 Å². The fraction of sp³-hybridized carbons (Fsp3) is 0.0612. The van der Waals surface area contributed by atoms with Gasteiger partial charge in [0.1, 0.15) is 0 Å². The first-order chi connectivity index (χ1) is 31.6. The van der Waals surface area contributed by atoms with Crippen molar-refractivity contribution in [1.29, 1.82) is 0 Å². The van der Waals surface area contributed by atoms with Gasteiger partial charge in [-0.1, -0.05) is 165 Å². The number of fused-ring (bicyclic) bond motifs is 4. The van der Waals surface area contributed by atoms with E-state index in [4.69, 9.17) is 15.1 Å². The van der Waals surface area contributed by atoms with Gasteiger partial charge in [0.25, 0.3) is 0 Å². The van der Waals surface area contributed by atoms with Gasteiger partial charge in [-0.25, -0.2) is 0 Å². The molecule has 0 saturated heterocycles. The zero-order valence-electron chi connectivity index (χ0n) is 44.0. The van der Waals surface area contributed by atoms with Gasteiger partial charge in [-0.3, -0.25) is 0 Å². The van der Waals surface area contributed by atoms with Gasteiger partial charge in [-0.15, -0.1) is 0 Å². The van der Waals surface area contributed by atoms with Gasteiger partial charge >= 0.3 is 0 Å². The highest BCUT2D eigenvalue weighted by Crippen LogP contribution is 2.50. The van der Waals surface area contributed by atoms with Crippen molar-refractivity contribution in [3.05, 3.63) is 199 Å². The molecule has 0 amide bonds. The highest BCUT2D eigenvalue weighted by Gasteiger charge is 2.35. The molecule has 50 heavy (non-hydrogen) atoms. The fourth-order valence-electron chi connectivity index (χ4n) is 6.71. The van der Waals surface area contributed by atoms with E-state index < -0.39 is 136 Å². The SMILES string of the molecule is [2H]c1c([2H])c([2H])c(-c2c([2H])c([2H])c(-c3c([2H])c([2H])c(N(c4ccc5c(c4)C(C)(C)c4ccccc4-5)c4c([2H])c([2H])c([2H])c(-c5cccc6ccccc56)c4[2H])c([2H])c3[2H])c([2H])c2[2H])c([2H])c1[2H]. The van der Waals surface area contributed by atoms with E-state index in [0.29, 0.717) is 10.9 Å². The van der Waals surface area contributed by atoms with E-state index in [1.807, 2.05) is 68.4 Å². The van der Waals surface area contributed by atoms with Crippen LogP contribution in [0.25, 0.3) is 55.3 Å². The second-order valence-corrected chi connectivity index (χ2v) is 12.5. The minimum absolute atomic E-state index is 0.0126. The van der Waals surface area contributed by atoms with Crippen molar-refractivity contribution in [3.8, 4) is 44.5 Å². The molecule has 0 heterocycles. The molecule has 238 valence electrons. The van der Waals surface area contributed by atoms with Crippen LogP contribution in [0.2, 0.25) is 0 Å². The third-order valence-electron chi connectivity index (χ3n) is 9.18. The quantitative estimate of drug-likeness (QED) is 0.172. The van der Waals surface area contributed by atoms with Gasteiger partial charge in [-0.2, -0.15) is 0 Å². The first kappa shape index (κ1) is 17.0. The van der Waals surface area contributed by atoms with Crippen molar-refractivity contribution >= 4 is 27.8 Å². The van der Waals surface area contributed by atoms with E-state index in [0.717, 1.165) is 27.6 Å². The molecule has 9 rings (SSSR count). The molecule has 1 heteroatoms. The van der Waals surface area contributed by atoms with Crippen molar-refractivity contribution in [3.63, 3.8) is 0 Å². The molecule has 0 aliphatic heterocycles. The molecule has 0 fully saturated rings. The topological polar surface area (TPSA) is 3.24 Å². The number of nitrogens with zero attached hydrogens (tertiary/aromatic N) is 1. The first-order valence-corrected chi connectivity index (χ1v) is 16.1. The van der Waals surface area contributed by atoms with Crippen LogP contribution < -0.4 is 4.90 Å². The summed E-state index contributed by atoms with van der Waals surface area (Å²) < 4.78 is 153. The van der Waals surface area contributed by atoms with Gasteiger partial charge in [0.15, 0.2) is 0 Å². The van der Waals surface area contributed by atoms with Crippen LogP contribution in [-0.4, -0.2) is 0 Å². The second-order valence-electron chi connectivity index (χ2n) is 12.5. The summed E-state index contributed by atoms with van der Waals surface area (Å²) in [5.74, 6) is 0. The molecule has 0 radical (unpaired) electrons. The maximum Gasteiger partial charge on any atom is 0.0651 e. The Morgan fingerprint density at radius 1 is 0.440 bits per heavy atom. The minimum Gasteiger partial charge on any atom is -0.310 e. The van der Waals surface area contributed by atoms with E-state index in [2.05, 4.69) is 0 Å².